The first kappa shape index (κ1) is 14.9. The zero-order valence-electron chi connectivity index (χ0n) is 11.1. The number of nitrogens with two attached hydrogens (primary N) is 1. The molecule has 1 rings (SSSR count). The lowest BCUT2D eigenvalue weighted by molar-refractivity contribution is -0.151. The van der Waals surface area contributed by atoms with E-state index in [4.69, 9.17) is 15.2 Å². The Labute approximate surface area is 107 Å². The number of likely N-dealkylation sites (tertiary alicyclic amines) is 1. The molecule has 0 saturated carbocycles. The molecule has 6 nitrogen and oxygen atoms in total. The Bertz CT molecular complexity index is 288. The molecule has 1 heterocycles. The van der Waals surface area contributed by atoms with Crippen molar-refractivity contribution in [2.45, 2.75) is 38.8 Å². The highest BCUT2D eigenvalue weighted by atomic mass is 16.5. The van der Waals surface area contributed by atoms with E-state index in [0.29, 0.717) is 19.7 Å². The van der Waals surface area contributed by atoms with E-state index < -0.39 is 12.0 Å². The van der Waals surface area contributed by atoms with Gasteiger partial charge in [0.2, 0.25) is 0 Å². The molecule has 1 atom stereocenters. The minimum Gasteiger partial charge on any atom is -0.464 e. The van der Waals surface area contributed by atoms with E-state index in [0.717, 1.165) is 12.8 Å². The summed E-state index contributed by atoms with van der Waals surface area (Å²) in [5, 5.41) is 0. The zero-order valence-corrected chi connectivity index (χ0v) is 11.1. The van der Waals surface area contributed by atoms with E-state index in [-0.39, 0.29) is 18.6 Å². The second kappa shape index (κ2) is 7.33. The molecule has 6 heteroatoms. The first-order valence-electron chi connectivity index (χ1n) is 6.42. The van der Waals surface area contributed by atoms with Crippen molar-refractivity contribution in [3.63, 3.8) is 0 Å². The summed E-state index contributed by atoms with van der Waals surface area (Å²) in [5.74, 6) is -1.02. The van der Waals surface area contributed by atoms with Gasteiger partial charge in [-0.05, 0) is 26.7 Å². The molecule has 1 unspecified atom stereocenters. The minimum absolute atomic E-state index is 0.206. The highest BCUT2D eigenvalue weighted by Gasteiger charge is 2.31. The molecule has 0 radical (unpaired) electrons. The van der Waals surface area contributed by atoms with E-state index in [9.17, 15) is 9.59 Å². The van der Waals surface area contributed by atoms with Crippen LogP contribution in [0.1, 0.15) is 26.7 Å². The van der Waals surface area contributed by atoms with Crippen LogP contribution in [0, 0.1) is 0 Å². The molecule has 0 aromatic rings. The van der Waals surface area contributed by atoms with Crippen LogP contribution in [-0.2, 0) is 19.1 Å². The predicted octanol–water partition coefficient (Wildman–Crippen LogP) is -0.0957. The van der Waals surface area contributed by atoms with Crippen LogP contribution in [0.25, 0.3) is 0 Å². The van der Waals surface area contributed by atoms with Gasteiger partial charge in [0.25, 0.3) is 5.91 Å². The van der Waals surface area contributed by atoms with E-state index in [2.05, 4.69) is 0 Å². The summed E-state index contributed by atoms with van der Waals surface area (Å²) in [6.07, 6.45) is 1.78. The van der Waals surface area contributed by atoms with E-state index in [1.54, 1.807) is 11.8 Å². The number of carbonyl (C=O) groups is 2. The third-order valence-corrected chi connectivity index (χ3v) is 2.96. The van der Waals surface area contributed by atoms with Gasteiger partial charge in [-0.25, -0.2) is 4.79 Å². The molecule has 1 aliphatic heterocycles. The molecule has 1 fully saturated rings. The summed E-state index contributed by atoms with van der Waals surface area (Å²) in [6.45, 7) is 5.71. The average molecular weight is 258 g/mol. The van der Waals surface area contributed by atoms with Gasteiger partial charge in [0.15, 0.2) is 6.04 Å². The third kappa shape index (κ3) is 3.96. The van der Waals surface area contributed by atoms with Gasteiger partial charge < -0.3 is 20.1 Å². The maximum atomic E-state index is 11.9. The molecule has 18 heavy (non-hydrogen) atoms. The van der Waals surface area contributed by atoms with Crippen molar-refractivity contribution in [1.29, 1.82) is 0 Å². The van der Waals surface area contributed by atoms with E-state index in [1.807, 2.05) is 6.92 Å². The smallest absolute Gasteiger partial charge is 0.332 e. The van der Waals surface area contributed by atoms with Gasteiger partial charge in [-0.3, -0.25) is 4.79 Å². The molecule has 0 spiro atoms. The lowest BCUT2D eigenvalue weighted by Crippen LogP contribution is -2.51. The van der Waals surface area contributed by atoms with Crippen molar-refractivity contribution >= 4 is 11.9 Å². The van der Waals surface area contributed by atoms with Crippen molar-refractivity contribution in [1.82, 2.24) is 4.90 Å². The normalized spacial score (nSPS) is 18.5. The maximum Gasteiger partial charge on any atom is 0.332 e. The fourth-order valence-electron chi connectivity index (χ4n) is 2.01. The molecule has 0 aromatic heterocycles. The number of rotatable bonds is 5. The topological polar surface area (TPSA) is 81.9 Å². The van der Waals surface area contributed by atoms with Crippen molar-refractivity contribution in [2.75, 3.05) is 26.3 Å². The van der Waals surface area contributed by atoms with Gasteiger partial charge in [-0.2, -0.15) is 0 Å². The van der Waals surface area contributed by atoms with Gasteiger partial charge >= 0.3 is 5.97 Å². The fraction of sp³-hybridized carbons (Fsp3) is 0.833. The molecule has 104 valence electrons. The van der Waals surface area contributed by atoms with Crippen LogP contribution in [-0.4, -0.2) is 55.2 Å². The van der Waals surface area contributed by atoms with E-state index in [1.165, 1.54) is 0 Å². The lowest BCUT2D eigenvalue weighted by Gasteiger charge is -2.32. The standard InChI is InChI=1S/C12H22N2O4/c1-3-17-9-5-7-14(8-6-9)11(15)10(13)12(16)18-4-2/h9-10H,3-8,13H2,1-2H3. The van der Waals surface area contributed by atoms with Crippen molar-refractivity contribution < 1.29 is 19.1 Å². The molecule has 0 aromatic carbocycles. The molecule has 1 aliphatic rings. The zero-order chi connectivity index (χ0) is 13.5. The second-order valence-electron chi connectivity index (χ2n) is 4.21. The monoisotopic (exact) mass is 258 g/mol. The maximum absolute atomic E-state index is 11.9. The molecule has 0 bridgehead atoms. The molecular weight excluding hydrogens is 236 g/mol. The molecule has 2 N–H and O–H groups in total. The Morgan fingerprint density at radius 2 is 1.89 bits per heavy atom. The SMILES string of the molecule is CCOC(=O)C(N)C(=O)N1CCC(OCC)CC1. The third-order valence-electron chi connectivity index (χ3n) is 2.96. The fourth-order valence-corrected chi connectivity index (χ4v) is 2.01. The Kier molecular flexibility index (Phi) is 6.07. The highest BCUT2D eigenvalue weighted by Crippen LogP contribution is 2.14. The Morgan fingerprint density at radius 1 is 1.28 bits per heavy atom. The number of ether oxygens (including phenoxy) is 2. The summed E-state index contributed by atoms with van der Waals surface area (Å²) in [7, 11) is 0. The molecular formula is C12H22N2O4. The summed E-state index contributed by atoms with van der Waals surface area (Å²) in [5.41, 5.74) is 5.57. The van der Waals surface area contributed by atoms with Gasteiger partial charge in [0.05, 0.1) is 12.7 Å². The molecule has 1 saturated heterocycles. The lowest BCUT2D eigenvalue weighted by atomic mass is 10.1. The molecule has 1 amide bonds. The van der Waals surface area contributed by atoms with Gasteiger partial charge in [0, 0.05) is 19.7 Å². The molecule has 0 aliphatic carbocycles. The quantitative estimate of drug-likeness (QED) is 0.550. The van der Waals surface area contributed by atoms with Crippen molar-refractivity contribution in [3.05, 3.63) is 0 Å². The van der Waals surface area contributed by atoms with Gasteiger partial charge in [-0.15, -0.1) is 0 Å². The number of nitrogens with zero attached hydrogens (tertiary/aromatic N) is 1. The predicted molar refractivity (Wildman–Crippen MR) is 65.8 cm³/mol. The highest BCUT2D eigenvalue weighted by molar-refractivity contribution is 6.01. The van der Waals surface area contributed by atoms with Crippen LogP contribution < -0.4 is 5.73 Å². The van der Waals surface area contributed by atoms with Crippen LogP contribution in [0.5, 0.6) is 0 Å². The van der Waals surface area contributed by atoms with E-state index >= 15 is 0 Å². The summed E-state index contributed by atoms with van der Waals surface area (Å²) in [4.78, 5) is 24.9. The largest absolute Gasteiger partial charge is 0.464 e. The number of esters is 1. The van der Waals surface area contributed by atoms with Gasteiger partial charge in [-0.1, -0.05) is 0 Å². The van der Waals surface area contributed by atoms with Crippen LogP contribution in [0.2, 0.25) is 0 Å². The minimum atomic E-state index is -1.20. The van der Waals surface area contributed by atoms with Crippen LogP contribution in [0.4, 0.5) is 0 Å². The average Bonchev–Trinajstić information content (AvgIpc) is 2.38. The Hall–Kier alpha value is -1.14. The number of carbonyl (C=O) groups excluding carboxylic acids is 2. The summed E-state index contributed by atoms with van der Waals surface area (Å²) in [6, 6.07) is -1.20. The van der Waals surface area contributed by atoms with Crippen LogP contribution in [0.3, 0.4) is 0 Å². The summed E-state index contributed by atoms with van der Waals surface area (Å²) < 4.78 is 10.2. The Balaban J connectivity index is 2.42. The van der Waals surface area contributed by atoms with Gasteiger partial charge in [0.1, 0.15) is 0 Å². The Morgan fingerprint density at radius 3 is 2.39 bits per heavy atom. The number of hydrogen-bond acceptors (Lipinski definition) is 5. The number of hydrogen-bond donors (Lipinski definition) is 1. The van der Waals surface area contributed by atoms with Crippen molar-refractivity contribution in [2.24, 2.45) is 5.73 Å². The summed E-state index contributed by atoms with van der Waals surface area (Å²) >= 11 is 0. The van der Waals surface area contributed by atoms with Crippen LogP contribution in [0.15, 0.2) is 0 Å². The first-order valence-corrected chi connectivity index (χ1v) is 6.42. The number of amides is 1. The van der Waals surface area contributed by atoms with Crippen LogP contribution >= 0.6 is 0 Å². The first-order chi connectivity index (χ1) is 8.60. The number of piperidine rings is 1. The van der Waals surface area contributed by atoms with Crippen molar-refractivity contribution in [3.8, 4) is 0 Å². The second-order valence-corrected chi connectivity index (χ2v) is 4.21.